The van der Waals surface area contributed by atoms with Crippen LogP contribution in [0.4, 0.5) is 11.5 Å². The number of nitrogens with two attached hydrogens (primary N) is 1. The average Bonchev–Trinajstić information content (AvgIpc) is 3.03. The summed E-state index contributed by atoms with van der Waals surface area (Å²) in [6, 6.07) is 10.8. The van der Waals surface area contributed by atoms with E-state index in [2.05, 4.69) is 25.5 Å². The summed E-state index contributed by atoms with van der Waals surface area (Å²) in [5.41, 5.74) is 7.64. The van der Waals surface area contributed by atoms with Crippen LogP contribution < -0.4 is 11.1 Å². The number of anilines is 2. The molecule has 3 rings (SSSR count). The summed E-state index contributed by atoms with van der Waals surface area (Å²) < 4.78 is 0. The van der Waals surface area contributed by atoms with Crippen LogP contribution in [-0.4, -0.2) is 26.1 Å². The van der Waals surface area contributed by atoms with Gasteiger partial charge in [-0.25, -0.2) is 9.97 Å². The number of amides is 1. The van der Waals surface area contributed by atoms with Crippen molar-refractivity contribution in [1.29, 1.82) is 0 Å². The fraction of sp³-hybridized carbons (Fsp3) is 0. The molecule has 2 heterocycles. The van der Waals surface area contributed by atoms with Crippen molar-refractivity contribution in [2.45, 2.75) is 0 Å². The standard InChI is InChI=1S/C14H12N6O/c15-13-12(14(21)18-9-4-2-1-3-5-9)19-11(8-16-13)10-6-7-17-20-10/h1-8H,(H2,15,16)(H,17,20)(H,18,21). The molecule has 2 aromatic heterocycles. The van der Waals surface area contributed by atoms with E-state index in [9.17, 15) is 4.79 Å². The van der Waals surface area contributed by atoms with Crippen LogP contribution in [0.1, 0.15) is 10.5 Å². The Kier molecular flexibility index (Phi) is 3.30. The van der Waals surface area contributed by atoms with E-state index in [1.165, 1.54) is 6.20 Å². The molecule has 0 saturated heterocycles. The molecule has 0 unspecified atom stereocenters. The molecule has 0 atom stereocenters. The molecule has 3 aromatic rings. The second kappa shape index (κ2) is 5.41. The first-order valence-electron chi connectivity index (χ1n) is 6.22. The molecule has 104 valence electrons. The predicted octanol–water partition coefficient (Wildman–Crippen LogP) is 1.70. The molecule has 1 aromatic carbocycles. The maximum atomic E-state index is 12.2. The van der Waals surface area contributed by atoms with Crippen LogP contribution in [0.25, 0.3) is 11.4 Å². The van der Waals surface area contributed by atoms with Crippen molar-refractivity contribution in [3.05, 3.63) is 54.5 Å². The van der Waals surface area contributed by atoms with Crippen molar-refractivity contribution in [1.82, 2.24) is 20.2 Å². The van der Waals surface area contributed by atoms with Crippen LogP contribution in [0, 0.1) is 0 Å². The van der Waals surface area contributed by atoms with Crippen molar-refractivity contribution in [2.75, 3.05) is 11.1 Å². The normalized spacial score (nSPS) is 10.3. The number of hydrogen-bond donors (Lipinski definition) is 3. The largest absolute Gasteiger partial charge is 0.382 e. The number of carbonyl (C=O) groups excluding carboxylic acids is 1. The molecule has 0 saturated carbocycles. The van der Waals surface area contributed by atoms with E-state index in [0.29, 0.717) is 17.1 Å². The number of nitrogens with one attached hydrogen (secondary N) is 2. The summed E-state index contributed by atoms with van der Waals surface area (Å²) in [6.07, 6.45) is 3.08. The van der Waals surface area contributed by atoms with Crippen molar-refractivity contribution in [2.24, 2.45) is 0 Å². The van der Waals surface area contributed by atoms with E-state index in [-0.39, 0.29) is 11.5 Å². The zero-order valence-corrected chi connectivity index (χ0v) is 10.9. The summed E-state index contributed by atoms with van der Waals surface area (Å²) >= 11 is 0. The summed E-state index contributed by atoms with van der Waals surface area (Å²) in [5.74, 6) is -0.334. The molecule has 0 aliphatic rings. The molecule has 4 N–H and O–H groups in total. The second-order valence-corrected chi connectivity index (χ2v) is 4.28. The maximum Gasteiger partial charge on any atom is 0.278 e. The van der Waals surface area contributed by atoms with Gasteiger partial charge in [-0.2, -0.15) is 5.10 Å². The van der Waals surface area contributed by atoms with E-state index < -0.39 is 5.91 Å². The average molecular weight is 280 g/mol. The highest BCUT2D eigenvalue weighted by atomic mass is 16.1. The van der Waals surface area contributed by atoms with Crippen molar-refractivity contribution in [3.63, 3.8) is 0 Å². The lowest BCUT2D eigenvalue weighted by molar-refractivity contribution is 0.102. The topological polar surface area (TPSA) is 110 Å². The van der Waals surface area contributed by atoms with Crippen molar-refractivity contribution >= 4 is 17.4 Å². The van der Waals surface area contributed by atoms with Gasteiger partial charge in [0.1, 0.15) is 5.69 Å². The number of aromatic nitrogens is 4. The van der Waals surface area contributed by atoms with E-state index in [0.717, 1.165) is 0 Å². The number of nitrogens with zero attached hydrogens (tertiary/aromatic N) is 3. The number of hydrogen-bond acceptors (Lipinski definition) is 5. The molecule has 7 nitrogen and oxygen atoms in total. The molecule has 7 heteroatoms. The molecule has 0 aliphatic carbocycles. The lowest BCUT2D eigenvalue weighted by Crippen LogP contribution is -2.17. The summed E-state index contributed by atoms with van der Waals surface area (Å²) in [6.45, 7) is 0. The Balaban J connectivity index is 1.91. The zero-order chi connectivity index (χ0) is 14.7. The second-order valence-electron chi connectivity index (χ2n) is 4.28. The van der Waals surface area contributed by atoms with Crippen LogP contribution in [0.3, 0.4) is 0 Å². The van der Waals surface area contributed by atoms with Crippen LogP contribution in [-0.2, 0) is 0 Å². The number of carbonyl (C=O) groups is 1. The minimum Gasteiger partial charge on any atom is -0.382 e. The van der Waals surface area contributed by atoms with Gasteiger partial charge in [0, 0.05) is 11.9 Å². The van der Waals surface area contributed by atoms with Gasteiger partial charge in [-0.3, -0.25) is 9.89 Å². The first-order valence-corrected chi connectivity index (χ1v) is 6.22. The number of rotatable bonds is 3. The Morgan fingerprint density at radius 1 is 1.19 bits per heavy atom. The van der Waals surface area contributed by atoms with Crippen molar-refractivity contribution < 1.29 is 4.79 Å². The van der Waals surface area contributed by atoms with Gasteiger partial charge < -0.3 is 11.1 Å². The molecule has 0 spiro atoms. The fourth-order valence-corrected chi connectivity index (χ4v) is 1.81. The summed E-state index contributed by atoms with van der Waals surface area (Å²) in [4.78, 5) is 20.5. The SMILES string of the molecule is Nc1ncc(-c2ccn[nH]2)nc1C(=O)Nc1ccccc1. The first kappa shape index (κ1) is 12.8. The molecule has 0 radical (unpaired) electrons. The highest BCUT2D eigenvalue weighted by Gasteiger charge is 2.15. The lowest BCUT2D eigenvalue weighted by atomic mass is 10.2. The van der Waals surface area contributed by atoms with E-state index in [1.807, 2.05) is 18.2 Å². The fourth-order valence-electron chi connectivity index (χ4n) is 1.81. The molecule has 0 fully saturated rings. The number of H-pyrrole nitrogens is 1. The third-order valence-corrected chi connectivity index (χ3v) is 2.82. The van der Waals surface area contributed by atoms with Gasteiger partial charge in [-0.05, 0) is 18.2 Å². The molecule has 0 aliphatic heterocycles. The number of para-hydroxylation sites is 1. The van der Waals surface area contributed by atoms with Gasteiger partial charge in [0.25, 0.3) is 5.91 Å². The van der Waals surface area contributed by atoms with Gasteiger partial charge in [0.15, 0.2) is 11.5 Å². The summed E-state index contributed by atoms with van der Waals surface area (Å²) in [5, 5.41) is 9.33. The third kappa shape index (κ3) is 2.71. The maximum absolute atomic E-state index is 12.2. The summed E-state index contributed by atoms with van der Waals surface area (Å²) in [7, 11) is 0. The number of nitrogen functional groups attached to an aromatic ring is 1. The Hall–Kier alpha value is -3.22. The van der Waals surface area contributed by atoms with E-state index in [4.69, 9.17) is 5.73 Å². The highest BCUT2D eigenvalue weighted by molar-refractivity contribution is 6.05. The lowest BCUT2D eigenvalue weighted by Gasteiger charge is -2.07. The Morgan fingerprint density at radius 2 is 2.00 bits per heavy atom. The first-order chi connectivity index (χ1) is 10.2. The van der Waals surface area contributed by atoms with Gasteiger partial charge >= 0.3 is 0 Å². The molecule has 1 amide bonds. The third-order valence-electron chi connectivity index (χ3n) is 2.82. The van der Waals surface area contributed by atoms with E-state index in [1.54, 1.807) is 24.4 Å². The smallest absolute Gasteiger partial charge is 0.278 e. The van der Waals surface area contributed by atoms with Crippen LogP contribution >= 0.6 is 0 Å². The van der Waals surface area contributed by atoms with Crippen LogP contribution in [0.2, 0.25) is 0 Å². The zero-order valence-electron chi connectivity index (χ0n) is 10.9. The molecular formula is C14H12N6O. The Labute approximate surface area is 120 Å². The molecule has 21 heavy (non-hydrogen) atoms. The molecular weight excluding hydrogens is 268 g/mol. The van der Waals surface area contributed by atoms with Crippen LogP contribution in [0.15, 0.2) is 48.8 Å². The van der Waals surface area contributed by atoms with Gasteiger partial charge in [0.2, 0.25) is 0 Å². The monoisotopic (exact) mass is 280 g/mol. The van der Waals surface area contributed by atoms with Gasteiger partial charge in [-0.15, -0.1) is 0 Å². The van der Waals surface area contributed by atoms with Gasteiger partial charge in [-0.1, -0.05) is 18.2 Å². The Morgan fingerprint density at radius 3 is 2.71 bits per heavy atom. The van der Waals surface area contributed by atoms with Crippen molar-refractivity contribution in [3.8, 4) is 11.4 Å². The number of aromatic amines is 1. The minimum absolute atomic E-state index is 0.0750. The predicted molar refractivity (Wildman–Crippen MR) is 78.4 cm³/mol. The number of benzene rings is 1. The minimum atomic E-state index is -0.410. The van der Waals surface area contributed by atoms with Gasteiger partial charge in [0.05, 0.1) is 11.9 Å². The Bertz CT molecular complexity index is 754. The molecule has 0 bridgehead atoms. The van der Waals surface area contributed by atoms with Crippen LogP contribution in [0.5, 0.6) is 0 Å². The highest BCUT2D eigenvalue weighted by Crippen LogP contribution is 2.16. The quantitative estimate of drug-likeness (QED) is 0.676. The van der Waals surface area contributed by atoms with E-state index >= 15 is 0 Å².